The summed E-state index contributed by atoms with van der Waals surface area (Å²) in [5.74, 6) is 0. The molecule has 1 aliphatic rings. The zero-order valence-electron chi connectivity index (χ0n) is 11.6. The number of piperidine rings is 1. The van der Waals surface area contributed by atoms with Crippen LogP contribution in [0.4, 0.5) is 0 Å². The Labute approximate surface area is 115 Å². The molecule has 0 radical (unpaired) electrons. The zero-order chi connectivity index (χ0) is 13.9. The van der Waals surface area contributed by atoms with Gasteiger partial charge in [-0.3, -0.25) is 0 Å². The molecule has 1 aromatic carbocycles. The Balaban J connectivity index is 2.10. The molecule has 1 heterocycles. The molecule has 19 heavy (non-hydrogen) atoms. The molecule has 0 saturated carbocycles. The van der Waals surface area contributed by atoms with Gasteiger partial charge in [-0.1, -0.05) is 18.6 Å². The summed E-state index contributed by atoms with van der Waals surface area (Å²) < 4.78 is 26.4. The highest BCUT2D eigenvalue weighted by molar-refractivity contribution is 7.89. The van der Waals surface area contributed by atoms with Gasteiger partial charge in [-0.05, 0) is 44.0 Å². The third-order valence-electron chi connectivity index (χ3n) is 3.59. The van der Waals surface area contributed by atoms with Gasteiger partial charge < -0.3 is 5.32 Å². The Hall–Kier alpha value is -0.910. The monoisotopic (exact) mass is 282 g/mol. The smallest absolute Gasteiger partial charge is 0.242 e. The van der Waals surface area contributed by atoms with E-state index >= 15 is 0 Å². The molecular weight excluding hydrogens is 260 g/mol. The number of nitrogens with one attached hydrogen (secondary N) is 1. The van der Waals surface area contributed by atoms with Crippen LogP contribution in [0, 0.1) is 6.92 Å². The van der Waals surface area contributed by atoms with E-state index in [1.165, 1.54) is 17.1 Å². The second kappa shape index (κ2) is 6.03. The van der Waals surface area contributed by atoms with E-state index in [2.05, 4.69) is 5.32 Å². The lowest BCUT2D eigenvalue weighted by molar-refractivity contribution is 0.337. The van der Waals surface area contributed by atoms with Crippen LogP contribution in [0.15, 0.2) is 29.2 Å². The van der Waals surface area contributed by atoms with Gasteiger partial charge in [0.25, 0.3) is 0 Å². The van der Waals surface area contributed by atoms with Gasteiger partial charge in [0.05, 0.1) is 4.90 Å². The van der Waals surface area contributed by atoms with E-state index in [1.807, 2.05) is 13.0 Å². The molecule has 1 aliphatic heterocycles. The maximum absolute atomic E-state index is 12.5. The second-order valence-electron chi connectivity index (χ2n) is 5.25. The summed E-state index contributed by atoms with van der Waals surface area (Å²) in [5, 5.41) is 3.38. The van der Waals surface area contributed by atoms with Crippen molar-refractivity contribution in [1.29, 1.82) is 0 Å². The van der Waals surface area contributed by atoms with Crippen molar-refractivity contribution in [2.45, 2.75) is 37.1 Å². The predicted molar refractivity (Wildman–Crippen MR) is 76.6 cm³/mol. The fourth-order valence-corrected chi connectivity index (χ4v) is 3.77. The first kappa shape index (κ1) is 14.5. The van der Waals surface area contributed by atoms with Crippen LogP contribution in [0.25, 0.3) is 0 Å². The van der Waals surface area contributed by atoms with Gasteiger partial charge in [-0.15, -0.1) is 0 Å². The van der Waals surface area contributed by atoms with Crippen LogP contribution in [0.2, 0.25) is 0 Å². The maximum atomic E-state index is 12.5. The van der Waals surface area contributed by atoms with Crippen molar-refractivity contribution in [2.75, 3.05) is 20.1 Å². The maximum Gasteiger partial charge on any atom is 0.242 e. The topological polar surface area (TPSA) is 49.4 Å². The van der Waals surface area contributed by atoms with Crippen molar-refractivity contribution in [3.8, 4) is 0 Å². The molecule has 4 nitrogen and oxygen atoms in total. The summed E-state index contributed by atoms with van der Waals surface area (Å²) in [5.41, 5.74) is 0.963. The fourth-order valence-electron chi connectivity index (χ4n) is 2.44. The van der Waals surface area contributed by atoms with E-state index in [0.29, 0.717) is 11.4 Å². The molecule has 1 atom stereocenters. The number of hydrogen-bond acceptors (Lipinski definition) is 3. The number of likely N-dealkylation sites (N-methyl/N-ethyl adjacent to an activating group) is 1. The standard InChI is InChI=1S/C14H22N2O2S/c1-12-6-5-8-14(10-12)19(17,18)16(2)11-13-7-3-4-9-15-13/h5-6,8,10,13,15H,3-4,7,9,11H2,1-2H3. The molecular formula is C14H22N2O2S. The van der Waals surface area contributed by atoms with Crippen molar-refractivity contribution in [3.05, 3.63) is 29.8 Å². The van der Waals surface area contributed by atoms with Gasteiger partial charge in [-0.2, -0.15) is 4.31 Å². The summed E-state index contributed by atoms with van der Waals surface area (Å²) in [6.07, 6.45) is 3.41. The molecule has 2 rings (SSSR count). The highest BCUT2D eigenvalue weighted by Gasteiger charge is 2.24. The molecule has 0 amide bonds. The molecule has 0 aromatic heterocycles. The molecule has 0 spiro atoms. The quantitative estimate of drug-likeness (QED) is 0.915. The molecule has 106 valence electrons. The van der Waals surface area contributed by atoms with Gasteiger partial charge in [-0.25, -0.2) is 8.42 Å². The van der Waals surface area contributed by atoms with Gasteiger partial charge in [0.15, 0.2) is 0 Å². The van der Waals surface area contributed by atoms with Crippen molar-refractivity contribution in [1.82, 2.24) is 9.62 Å². The first-order chi connectivity index (χ1) is 9.00. The SMILES string of the molecule is Cc1cccc(S(=O)(=O)N(C)CC2CCCCN2)c1. The van der Waals surface area contributed by atoms with Crippen LogP contribution in [-0.2, 0) is 10.0 Å². The highest BCUT2D eigenvalue weighted by atomic mass is 32.2. The summed E-state index contributed by atoms with van der Waals surface area (Å²) in [4.78, 5) is 0.380. The predicted octanol–water partition coefficient (Wildman–Crippen LogP) is 1.76. The van der Waals surface area contributed by atoms with Gasteiger partial charge >= 0.3 is 0 Å². The van der Waals surface area contributed by atoms with Crippen LogP contribution >= 0.6 is 0 Å². The molecule has 0 aliphatic carbocycles. The van der Waals surface area contributed by atoms with E-state index in [9.17, 15) is 8.42 Å². The lowest BCUT2D eigenvalue weighted by atomic mass is 10.1. The van der Waals surface area contributed by atoms with Crippen molar-refractivity contribution >= 4 is 10.0 Å². The van der Waals surface area contributed by atoms with E-state index in [-0.39, 0.29) is 6.04 Å². The van der Waals surface area contributed by atoms with E-state index in [0.717, 1.165) is 18.5 Å². The van der Waals surface area contributed by atoms with Crippen LogP contribution in [0.1, 0.15) is 24.8 Å². The summed E-state index contributed by atoms with van der Waals surface area (Å²) in [7, 11) is -1.71. The van der Waals surface area contributed by atoms with Crippen LogP contribution < -0.4 is 5.32 Å². The molecule has 5 heteroatoms. The number of sulfonamides is 1. The Bertz CT molecular complexity index is 522. The minimum absolute atomic E-state index is 0.276. The number of nitrogens with zero attached hydrogens (tertiary/aromatic N) is 1. The lowest BCUT2D eigenvalue weighted by Gasteiger charge is -2.27. The van der Waals surface area contributed by atoms with E-state index in [1.54, 1.807) is 25.2 Å². The van der Waals surface area contributed by atoms with Crippen molar-refractivity contribution in [3.63, 3.8) is 0 Å². The molecule has 1 fully saturated rings. The minimum atomic E-state index is -3.37. The van der Waals surface area contributed by atoms with Gasteiger partial charge in [0.1, 0.15) is 0 Å². The molecule has 1 aromatic rings. The fraction of sp³-hybridized carbons (Fsp3) is 0.571. The average molecular weight is 282 g/mol. The summed E-state index contributed by atoms with van der Waals surface area (Å²) >= 11 is 0. The van der Waals surface area contributed by atoms with Crippen LogP contribution in [0.5, 0.6) is 0 Å². The Kier molecular flexibility index (Phi) is 4.60. The minimum Gasteiger partial charge on any atom is -0.313 e. The summed E-state index contributed by atoms with van der Waals surface area (Å²) in [6.45, 7) is 3.43. The third kappa shape index (κ3) is 3.55. The lowest BCUT2D eigenvalue weighted by Crippen LogP contribution is -2.44. The molecule has 1 saturated heterocycles. The van der Waals surface area contributed by atoms with Gasteiger partial charge in [0.2, 0.25) is 10.0 Å². The Morgan fingerprint density at radius 3 is 2.79 bits per heavy atom. The Morgan fingerprint density at radius 2 is 2.16 bits per heavy atom. The highest BCUT2D eigenvalue weighted by Crippen LogP contribution is 2.17. The van der Waals surface area contributed by atoms with Gasteiger partial charge in [0, 0.05) is 19.6 Å². The normalized spacial score (nSPS) is 20.7. The first-order valence-corrected chi connectivity index (χ1v) is 8.20. The van der Waals surface area contributed by atoms with Crippen molar-refractivity contribution in [2.24, 2.45) is 0 Å². The number of rotatable bonds is 4. The van der Waals surface area contributed by atoms with Crippen molar-refractivity contribution < 1.29 is 8.42 Å². The Morgan fingerprint density at radius 1 is 1.37 bits per heavy atom. The second-order valence-corrected chi connectivity index (χ2v) is 7.29. The average Bonchev–Trinajstić information content (AvgIpc) is 2.40. The number of aryl methyl sites for hydroxylation is 1. The largest absolute Gasteiger partial charge is 0.313 e. The third-order valence-corrected chi connectivity index (χ3v) is 5.41. The van der Waals surface area contributed by atoms with Crippen LogP contribution in [-0.4, -0.2) is 38.9 Å². The molecule has 1 N–H and O–H groups in total. The summed E-state index contributed by atoms with van der Waals surface area (Å²) in [6, 6.07) is 7.35. The van der Waals surface area contributed by atoms with Crippen LogP contribution in [0.3, 0.4) is 0 Å². The first-order valence-electron chi connectivity index (χ1n) is 6.76. The molecule has 1 unspecified atom stereocenters. The molecule has 0 bridgehead atoms. The number of hydrogen-bond donors (Lipinski definition) is 1. The number of benzene rings is 1. The zero-order valence-corrected chi connectivity index (χ0v) is 12.4. The van der Waals surface area contributed by atoms with E-state index in [4.69, 9.17) is 0 Å². The van der Waals surface area contributed by atoms with E-state index < -0.39 is 10.0 Å².